The molecule has 212 valence electrons. The van der Waals surface area contributed by atoms with E-state index in [1.807, 2.05) is 0 Å². The van der Waals surface area contributed by atoms with Gasteiger partial charge in [-0.1, -0.05) is 0 Å². The van der Waals surface area contributed by atoms with Crippen molar-refractivity contribution >= 4 is 41.4 Å². The molecular weight excluding hydrogens is 524 g/mol. The molecule has 0 radical (unpaired) electrons. The second kappa shape index (κ2) is 14.7. The predicted octanol–water partition coefficient (Wildman–Crippen LogP) is -1.15. The predicted molar refractivity (Wildman–Crippen MR) is 127 cm³/mol. The molecule has 0 spiro atoms. The second-order valence-electron chi connectivity index (χ2n) is 7.99. The molecule has 1 aromatic rings. The highest BCUT2D eigenvalue weighted by molar-refractivity contribution is 6.02. The topological polar surface area (TPSA) is 227 Å². The number of esters is 5. The monoisotopic (exact) mass is 552 g/mol. The molecule has 1 aromatic carbocycles. The van der Waals surface area contributed by atoms with Crippen LogP contribution >= 0.6 is 0 Å². The molecule has 1 heterocycles. The van der Waals surface area contributed by atoms with Gasteiger partial charge in [0.15, 0.2) is 17.7 Å². The molecule has 15 heteroatoms. The van der Waals surface area contributed by atoms with E-state index < -0.39 is 90.9 Å². The lowest BCUT2D eigenvalue weighted by Crippen LogP contribution is -2.34. The number of carbonyl (C=O) groups is 7. The molecule has 1 saturated heterocycles. The van der Waals surface area contributed by atoms with Crippen LogP contribution in [-0.2, 0) is 42.9 Å². The average Bonchev–Trinajstić information content (AvgIpc) is 3.30. The Bertz CT molecular complexity index is 1150. The molecule has 0 aliphatic carbocycles. The van der Waals surface area contributed by atoms with Crippen LogP contribution in [0.4, 0.5) is 0 Å². The zero-order valence-electron chi connectivity index (χ0n) is 21.2. The van der Waals surface area contributed by atoms with Crippen molar-refractivity contribution in [2.45, 2.75) is 25.9 Å². The highest BCUT2D eigenvalue weighted by Crippen LogP contribution is 2.31. The van der Waals surface area contributed by atoms with Gasteiger partial charge in [-0.2, -0.15) is 0 Å². The normalized spacial score (nSPS) is 16.2. The van der Waals surface area contributed by atoms with E-state index in [2.05, 4.69) is 0 Å². The number of hydrogen-bond donors (Lipinski definition) is 2. The molecule has 39 heavy (non-hydrogen) atoms. The maximum Gasteiger partial charge on any atom is 0.342 e. The number of benzene rings is 1. The van der Waals surface area contributed by atoms with E-state index in [0.717, 1.165) is 19.1 Å². The van der Waals surface area contributed by atoms with Crippen molar-refractivity contribution in [3.8, 4) is 11.5 Å². The van der Waals surface area contributed by atoms with Gasteiger partial charge in [0.2, 0.25) is 0 Å². The summed E-state index contributed by atoms with van der Waals surface area (Å²) in [7, 11) is 1.40. The van der Waals surface area contributed by atoms with Crippen molar-refractivity contribution in [3.05, 3.63) is 23.3 Å². The number of Topliss-reactive ketones (excluding diaryl/α,β-unsaturated/α-hetero) is 2. The summed E-state index contributed by atoms with van der Waals surface area (Å²) in [5, 5.41) is 0. The van der Waals surface area contributed by atoms with Crippen LogP contribution in [0, 0.1) is 5.92 Å². The van der Waals surface area contributed by atoms with Crippen LogP contribution < -0.4 is 20.9 Å². The van der Waals surface area contributed by atoms with Crippen molar-refractivity contribution in [1.82, 2.24) is 0 Å². The van der Waals surface area contributed by atoms with Crippen LogP contribution in [0.25, 0.3) is 0 Å². The fraction of sp³-hybridized carbons (Fsp3) is 0.458. The van der Waals surface area contributed by atoms with Gasteiger partial charge in [-0.05, 0) is 19.1 Å². The van der Waals surface area contributed by atoms with Gasteiger partial charge in [-0.25, -0.2) is 4.79 Å². The van der Waals surface area contributed by atoms with E-state index in [-0.39, 0.29) is 30.9 Å². The van der Waals surface area contributed by atoms with Crippen molar-refractivity contribution in [2.24, 2.45) is 17.4 Å². The van der Waals surface area contributed by atoms with Crippen molar-refractivity contribution < 1.29 is 62.0 Å². The number of carbonyl (C=O) groups excluding carboxylic acids is 7. The van der Waals surface area contributed by atoms with Gasteiger partial charge in [0.05, 0.1) is 38.3 Å². The first-order valence-corrected chi connectivity index (χ1v) is 11.6. The summed E-state index contributed by atoms with van der Waals surface area (Å²) in [6, 6.07) is 1.94. The molecule has 0 bridgehead atoms. The van der Waals surface area contributed by atoms with Crippen LogP contribution in [0.5, 0.6) is 11.5 Å². The lowest BCUT2D eigenvalue weighted by atomic mass is 9.97. The van der Waals surface area contributed by atoms with E-state index in [0.29, 0.717) is 0 Å². The Morgan fingerprint density at radius 3 is 2.05 bits per heavy atom. The van der Waals surface area contributed by atoms with Gasteiger partial charge in [-0.3, -0.25) is 28.8 Å². The summed E-state index contributed by atoms with van der Waals surface area (Å²) in [4.78, 5) is 84.9. The zero-order chi connectivity index (χ0) is 29.1. The third kappa shape index (κ3) is 8.66. The first-order valence-electron chi connectivity index (χ1n) is 11.6. The number of methoxy groups -OCH3 is 1. The van der Waals surface area contributed by atoms with E-state index >= 15 is 0 Å². The number of ketones is 2. The van der Waals surface area contributed by atoms with Gasteiger partial charge in [0, 0.05) is 13.5 Å². The largest absolute Gasteiger partial charge is 0.463 e. The Balaban J connectivity index is 2.17. The Morgan fingerprint density at radius 1 is 0.897 bits per heavy atom. The summed E-state index contributed by atoms with van der Waals surface area (Å²) in [6.07, 6.45) is -2.24. The summed E-state index contributed by atoms with van der Waals surface area (Å²) < 4.78 is 29.8. The maximum atomic E-state index is 12.8. The highest BCUT2D eigenvalue weighted by atomic mass is 16.6. The first kappa shape index (κ1) is 31.0. The Kier molecular flexibility index (Phi) is 11.7. The molecule has 0 amide bonds. The number of rotatable bonds is 14. The quantitative estimate of drug-likeness (QED) is 0.0913. The fourth-order valence-electron chi connectivity index (χ4n) is 3.34. The summed E-state index contributed by atoms with van der Waals surface area (Å²) in [5.41, 5.74) is 9.86. The number of ether oxygens (including phenoxy) is 6. The average molecular weight is 552 g/mol. The molecule has 1 aliphatic rings. The molecule has 15 nitrogen and oxygen atoms in total. The Labute approximate surface area is 221 Å². The molecule has 2 unspecified atom stereocenters. The number of nitrogens with two attached hydrogens (primary N) is 2. The molecule has 0 saturated carbocycles. The third-order valence-electron chi connectivity index (χ3n) is 5.21. The summed E-state index contributed by atoms with van der Waals surface area (Å²) in [6.45, 7) is -0.448. The number of hydrogen-bond acceptors (Lipinski definition) is 15. The maximum absolute atomic E-state index is 12.8. The van der Waals surface area contributed by atoms with Crippen LogP contribution in [-0.4, -0.2) is 87.5 Å². The summed E-state index contributed by atoms with van der Waals surface area (Å²) in [5.74, 6) is -7.80. The third-order valence-corrected chi connectivity index (χ3v) is 5.21. The smallest absolute Gasteiger partial charge is 0.342 e. The van der Waals surface area contributed by atoms with Crippen molar-refractivity contribution in [1.29, 1.82) is 0 Å². The van der Waals surface area contributed by atoms with Crippen LogP contribution in [0.2, 0.25) is 0 Å². The summed E-state index contributed by atoms with van der Waals surface area (Å²) >= 11 is 0. The Morgan fingerprint density at radius 2 is 1.49 bits per heavy atom. The molecule has 0 aromatic heterocycles. The van der Waals surface area contributed by atoms with Crippen molar-refractivity contribution in [3.63, 3.8) is 0 Å². The molecule has 2 atom stereocenters. The number of cyclic esters (lactones) is 1. The minimum absolute atomic E-state index is 0.0827. The van der Waals surface area contributed by atoms with Gasteiger partial charge in [0.1, 0.15) is 29.6 Å². The van der Waals surface area contributed by atoms with E-state index in [1.54, 1.807) is 0 Å². The lowest BCUT2D eigenvalue weighted by Gasteiger charge is -2.16. The van der Waals surface area contributed by atoms with E-state index in [4.69, 9.17) is 39.9 Å². The molecular formula is C24H28N2O13. The van der Waals surface area contributed by atoms with Crippen molar-refractivity contribution in [2.75, 3.05) is 40.0 Å². The fourth-order valence-corrected chi connectivity index (χ4v) is 3.34. The lowest BCUT2D eigenvalue weighted by molar-refractivity contribution is -0.156. The second-order valence-corrected chi connectivity index (χ2v) is 7.99. The van der Waals surface area contributed by atoms with Gasteiger partial charge < -0.3 is 39.9 Å². The van der Waals surface area contributed by atoms with Gasteiger partial charge in [-0.15, -0.1) is 0 Å². The minimum atomic E-state index is -1.43. The highest BCUT2D eigenvalue weighted by Gasteiger charge is 2.44. The van der Waals surface area contributed by atoms with E-state index in [1.165, 1.54) is 7.11 Å². The standard InChI is InChI=1S/C24H28N2O13/c1-12(27)13-7-18(38-21(31)11-26)14(8-17(13)37-20(30)10-25)23(32)35-4-3-16(28)22-15(9-19(29)39-22)24(33)36-6-5-34-2/h7-8,15,22H,3-6,9-11,25-26H2,1-2H3. The molecule has 1 aliphatic heterocycles. The zero-order valence-corrected chi connectivity index (χ0v) is 21.2. The Hall–Kier alpha value is -4.21. The van der Waals surface area contributed by atoms with Gasteiger partial charge in [0.25, 0.3) is 0 Å². The molecule has 1 fully saturated rings. The molecule has 2 rings (SSSR count). The van der Waals surface area contributed by atoms with Gasteiger partial charge >= 0.3 is 29.8 Å². The van der Waals surface area contributed by atoms with E-state index in [9.17, 15) is 33.6 Å². The van der Waals surface area contributed by atoms with Crippen LogP contribution in [0.15, 0.2) is 12.1 Å². The SMILES string of the molecule is COCCOC(=O)C1CC(=O)OC1C(=O)CCOC(=O)c1cc(OC(=O)CN)c(C(C)=O)cc1OC(=O)CN. The van der Waals surface area contributed by atoms with Crippen LogP contribution in [0.1, 0.15) is 40.5 Å². The van der Waals surface area contributed by atoms with Crippen LogP contribution in [0.3, 0.4) is 0 Å². The molecule has 4 N–H and O–H groups in total. The first-order chi connectivity index (χ1) is 18.5. The minimum Gasteiger partial charge on any atom is -0.463 e.